The van der Waals surface area contributed by atoms with Crippen LogP contribution in [-0.4, -0.2) is 29.1 Å². The molecule has 1 aliphatic rings. The monoisotopic (exact) mass is 261 g/mol. The molecule has 1 amide bonds. The van der Waals surface area contributed by atoms with Gasteiger partial charge in [0.15, 0.2) is 11.3 Å². The molecule has 0 bridgehead atoms. The van der Waals surface area contributed by atoms with Crippen molar-refractivity contribution in [1.29, 1.82) is 0 Å². The molecule has 0 unspecified atom stereocenters. The van der Waals surface area contributed by atoms with Gasteiger partial charge in [-0.05, 0) is 26.0 Å². The van der Waals surface area contributed by atoms with Crippen molar-refractivity contribution in [1.82, 2.24) is 0 Å². The number of aliphatic hydroxyl groups is 1. The SMILES string of the molecule is CCOC(=O)[C@]1(C)C=C(O)C(=O)N1c1ccccc1. The van der Waals surface area contributed by atoms with Gasteiger partial charge in [-0.15, -0.1) is 0 Å². The van der Waals surface area contributed by atoms with E-state index in [1.54, 1.807) is 44.2 Å². The van der Waals surface area contributed by atoms with Crippen LogP contribution in [0.3, 0.4) is 0 Å². The van der Waals surface area contributed by atoms with Crippen LogP contribution >= 0.6 is 0 Å². The molecule has 1 atom stereocenters. The third kappa shape index (κ3) is 2.07. The lowest BCUT2D eigenvalue weighted by Crippen LogP contribution is -2.51. The van der Waals surface area contributed by atoms with Crippen LogP contribution in [0.15, 0.2) is 42.2 Å². The first-order chi connectivity index (χ1) is 9.00. The van der Waals surface area contributed by atoms with E-state index in [-0.39, 0.29) is 6.61 Å². The summed E-state index contributed by atoms with van der Waals surface area (Å²) >= 11 is 0. The summed E-state index contributed by atoms with van der Waals surface area (Å²) in [7, 11) is 0. The van der Waals surface area contributed by atoms with E-state index in [0.717, 1.165) is 0 Å². The highest BCUT2D eigenvalue weighted by Crippen LogP contribution is 2.33. The number of carbonyl (C=O) groups is 2. The zero-order valence-electron chi connectivity index (χ0n) is 10.8. The van der Waals surface area contributed by atoms with Gasteiger partial charge in [-0.3, -0.25) is 9.69 Å². The van der Waals surface area contributed by atoms with Crippen molar-refractivity contribution in [3.63, 3.8) is 0 Å². The lowest BCUT2D eigenvalue weighted by molar-refractivity contribution is -0.147. The van der Waals surface area contributed by atoms with Gasteiger partial charge in [-0.1, -0.05) is 18.2 Å². The number of amides is 1. The second kappa shape index (κ2) is 4.76. The van der Waals surface area contributed by atoms with E-state index in [1.807, 2.05) is 0 Å². The molecule has 0 aliphatic carbocycles. The van der Waals surface area contributed by atoms with Crippen molar-refractivity contribution in [2.75, 3.05) is 11.5 Å². The molecule has 1 N–H and O–H groups in total. The molecular weight excluding hydrogens is 246 g/mol. The third-order valence-electron chi connectivity index (χ3n) is 3.01. The van der Waals surface area contributed by atoms with E-state index >= 15 is 0 Å². The van der Waals surface area contributed by atoms with E-state index < -0.39 is 23.2 Å². The van der Waals surface area contributed by atoms with E-state index in [0.29, 0.717) is 5.69 Å². The quantitative estimate of drug-likeness (QED) is 0.842. The Morgan fingerprint density at radius 1 is 1.37 bits per heavy atom. The first-order valence-corrected chi connectivity index (χ1v) is 5.99. The number of hydrogen-bond donors (Lipinski definition) is 1. The highest BCUT2D eigenvalue weighted by Gasteiger charge is 2.49. The summed E-state index contributed by atoms with van der Waals surface area (Å²) in [5.41, 5.74) is -0.790. The number of ether oxygens (including phenoxy) is 1. The molecule has 0 spiro atoms. The Bertz CT molecular complexity index is 538. The van der Waals surface area contributed by atoms with Gasteiger partial charge in [0.1, 0.15) is 0 Å². The summed E-state index contributed by atoms with van der Waals surface area (Å²) in [4.78, 5) is 25.3. The van der Waals surface area contributed by atoms with Crippen LogP contribution in [0.4, 0.5) is 5.69 Å². The van der Waals surface area contributed by atoms with E-state index in [2.05, 4.69) is 0 Å². The normalized spacial score (nSPS) is 22.3. The predicted octanol–water partition coefficient (Wildman–Crippen LogP) is 1.80. The average Bonchev–Trinajstić information content (AvgIpc) is 2.63. The van der Waals surface area contributed by atoms with Gasteiger partial charge in [0.05, 0.1) is 6.61 Å². The number of benzene rings is 1. The number of para-hydroxylation sites is 1. The second-order valence-corrected chi connectivity index (χ2v) is 4.37. The Labute approximate surface area is 111 Å². The Kier molecular flexibility index (Phi) is 3.29. The van der Waals surface area contributed by atoms with Crippen LogP contribution in [0.5, 0.6) is 0 Å². The van der Waals surface area contributed by atoms with E-state index in [9.17, 15) is 14.7 Å². The van der Waals surface area contributed by atoms with Crippen LogP contribution in [-0.2, 0) is 14.3 Å². The maximum absolute atomic E-state index is 12.1. The molecule has 19 heavy (non-hydrogen) atoms. The summed E-state index contributed by atoms with van der Waals surface area (Å²) in [5, 5.41) is 9.64. The fourth-order valence-electron chi connectivity index (χ4n) is 2.11. The lowest BCUT2D eigenvalue weighted by atomic mass is 10.0. The van der Waals surface area contributed by atoms with E-state index in [4.69, 9.17) is 4.74 Å². The molecule has 5 nitrogen and oxygen atoms in total. The molecule has 100 valence electrons. The summed E-state index contributed by atoms with van der Waals surface area (Å²) in [6.45, 7) is 3.44. The molecule has 1 aromatic carbocycles. The van der Waals surface area contributed by atoms with Crippen molar-refractivity contribution in [3.8, 4) is 0 Å². The van der Waals surface area contributed by atoms with Crippen LogP contribution < -0.4 is 4.90 Å². The van der Waals surface area contributed by atoms with E-state index in [1.165, 1.54) is 11.0 Å². The molecule has 1 aromatic rings. The smallest absolute Gasteiger partial charge is 0.336 e. The zero-order valence-corrected chi connectivity index (χ0v) is 10.8. The number of aliphatic hydroxyl groups excluding tert-OH is 1. The van der Waals surface area contributed by atoms with Gasteiger partial charge in [0.25, 0.3) is 5.91 Å². The van der Waals surface area contributed by atoms with Gasteiger partial charge in [-0.25, -0.2) is 4.79 Å². The topological polar surface area (TPSA) is 66.8 Å². The zero-order chi connectivity index (χ0) is 14.0. The van der Waals surface area contributed by atoms with Gasteiger partial charge in [0.2, 0.25) is 0 Å². The summed E-state index contributed by atoms with van der Waals surface area (Å²) < 4.78 is 4.99. The molecule has 0 saturated carbocycles. The Hall–Kier alpha value is -2.30. The minimum atomic E-state index is -1.32. The molecule has 2 rings (SSSR count). The predicted molar refractivity (Wildman–Crippen MR) is 69.7 cm³/mol. The van der Waals surface area contributed by atoms with Gasteiger partial charge in [-0.2, -0.15) is 0 Å². The molecule has 0 saturated heterocycles. The van der Waals surface area contributed by atoms with Crippen LogP contribution in [0.1, 0.15) is 13.8 Å². The molecule has 0 radical (unpaired) electrons. The number of hydrogen-bond acceptors (Lipinski definition) is 4. The summed E-state index contributed by atoms with van der Waals surface area (Å²) in [6.07, 6.45) is 1.22. The van der Waals surface area contributed by atoms with Crippen molar-refractivity contribution < 1.29 is 19.4 Å². The highest BCUT2D eigenvalue weighted by molar-refractivity contribution is 6.14. The highest BCUT2D eigenvalue weighted by atomic mass is 16.5. The number of esters is 1. The second-order valence-electron chi connectivity index (χ2n) is 4.37. The molecule has 5 heteroatoms. The molecule has 0 aromatic heterocycles. The van der Waals surface area contributed by atoms with Crippen molar-refractivity contribution >= 4 is 17.6 Å². The first kappa shape index (κ1) is 13.1. The van der Waals surface area contributed by atoms with Gasteiger partial charge < -0.3 is 9.84 Å². The molecule has 1 heterocycles. The maximum atomic E-state index is 12.1. The first-order valence-electron chi connectivity index (χ1n) is 5.99. The number of anilines is 1. The summed E-state index contributed by atoms with van der Waals surface area (Å²) in [6, 6.07) is 8.70. The van der Waals surface area contributed by atoms with Gasteiger partial charge in [0, 0.05) is 11.8 Å². The standard InChI is InChI=1S/C14H15NO4/c1-3-19-13(18)14(2)9-11(16)12(17)15(14)10-7-5-4-6-8-10/h4-9,16H,3H2,1-2H3/t14-/m0/s1. The third-order valence-corrected chi connectivity index (χ3v) is 3.01. The summed E-state index contributed by atoms with van der Waals surface area (Å²) in [5.74, 6) is -1.63. The number of nitrogens with zero attached hydrogens (tertiary/aromatic N) is 1. The van der Waals surface area contributed by atoms with Crippen molar-refractivity contribution in [2.24, 2.45) is 0 Å². The average molecular weight is 261 g/mol. The minimum absolute atomic E-state index is 0.208. The molecular formula is C14H15NO4. The minimum Gasteiger partial charge on any atom is -0.503 e. The largest absolute Gasteiger partial charge is 0.503 e. The van der Waals surface area contributed by atoms with Gasteiger partial charge >= 0.3 is 5.97 Å². The molecule has 0 fully saturated rings. The Morgan fingerprint density at radius 3 is 2.58 bits per heavy atom. The fraction of sp³-hybridized carbons (Fsp3) is 0.286. The Balaban J connectivity index is 2.46. The Morgan fingerprint density at radius 2 is 2.00 bits per heavy atom. The lowest BCUT2D eigenvalue weighted by Gasteiger charge is -2.31. The van der Waals surface area contributed by atoms with Crippen LogP contribution in [0.25, 0.3) is 0 Å². The van der Waals surface area contributed by atoms with Crippen LogP contribution in [0.2, 0.25) is 0 Å². The van der Waals surface area contributed by atoms with Crippen molar-refractivity contribution in [3.05, 3.63) is 42.2 Å². The number of carbonyl (C=O) groups excluding carboxylic acids is 2. The fourth-order valence-corrected chi connectivity index (χ4v) is 2.11. The number of rotatable bonds is 3. The van der Waals surface area contributed by atoms with Crippen LogP contribution in [0, 0.1) is 0 Å². The van der Waals surface area contributed by atoms with Crippen molar-refractivity contribution in [2.45, 2.75) is 19.4 Å². The molecule has 1 aliphatic heterocycles. The maximum Gasteiger partial charge on any atom is 0.336 e.